The van der Waals surface area contributed by atoms with Crippen molar-refractivity contribution >= 4 is 40.0 Å². The van der Waals surface area contributed by atoms with Crippen molar-refractivity contribution in [1.29, 1.82) is 0 Å². The Balaban J connectivity index is 0.00000480. The summed E-state index contributed by atoms with van der Waals surface area (Å²) in [5, 5.41) is 6.42. The maximum absolute atomic E-state index is 13.3. The number of guanidine groups is 1. The molecule has 0 bridgehead atoms. The molecule has 0 aliphatic carbocycles. The van der Waals surface area contributed by atoms with E-state index in [4.69, 9.17) is 4.74 Å². The Bertz CT molecular complexity index is 940. The maximum Gasteiger partial charge on any atom is 0.215 e. The molecule has 0 aromatic heterocycles. The second-order valence-corrected chi connectivity index (χ2v) is 8.62. The van der Waals surface area contributed by atoms with Gasteiger partial charge in [0.05, 0.1) is 12.3 Å². The number of benzene rings is 2. The SMILES string of the molecule is CCC(CNC(=NC)NCc1ccc(CS(=O)(=O)NC)cc1)Oc1cccc(F)c1.I. The van der Waals surface area contributed by atoms with Crippen LogP contribution in [0, 0.1) is 5.82 Å². The third kappa shape index (κ3) is 9.83. The van der Waals surface area contributed by atoms with Crippen molar-refractivity contribution in [3.8, 4) is 5.75 Å². The van der Waals surface area contributed by atoms with Gasteiger partial charge in [-0.2, -0.15) is 0 Å². The lowest BCUT2D eigenvalue weighted by molar-refractivity contribution is 0.199. The van der Waals surface area contributed by atoms with Gasteiger partial charge in [0, 0.05) is 19.7 Å². The number of halogens is 2. The highest BCUT2D eigenvalue weighted by Crippen LogP contribution is 2.14. The molecule has 0 aliphatic heterocycles. The van der Waals surface area contributed by atoms with Gasteiger partial charge in [-0.3, -0.25) is 4.99 Å². The number of nitrogens with zero attached hydrogens (tertiary/aromatic N) is 1. The van der Waals surface area contributed by atoms with Gasteiger partial charge in [-0.05, 0) is 36.7 Å². The Morgan fingerprint density at radius 3 is 2.39 bits per heavy atom. The molecule has 10 heteroatoms. The fraction of sp³-hybridized carbons (Fsp3) is 0.381. The molecular weight excluding hydrogens is 534 g/mol. The van der Waals surface area contributed by atoms with Gasteiger partial charge < -0.3 is 15.4 Å². The number of hydrogen-bond donors (Lipinski definition) is 3. The first-order chi connectivity index (χ1) is 14.3. The minimum absolute atomic E-state index is 0. The largest absolute Gasteiger partial charge is 0.489 e. The van der Waals surface area contributed by atoms with Gasteiger partial charge in [0.25, 0.3) is 0 Å². The van der Waals surface area contributed by atoms with E-state index >= 15 is 0 Å². The molecule has 0 saturated heterocycles. The van der Waals surface area contributed by atoms with Crippen molar-refractivity contribution in [2.45, 2.75) is 31.7 Å². The Kier molecular flexibility index (Phi) is 11.8. The molecule has 7 nitrogen and oxygen atoms in total. The summed E-state index contributed by atoms with van der Waals surface area (Å²) in [4.78, 5) is 4.20. The van der Waals surface area contributed by atoms with Gasteiger partial charge >= 0.3 is 0 Å². The molecule has 0 saturated carbocycles. The van der Waals surface area contributed by atoms with E-state index in [1.165, 1.54) is 19.2 Å². The quantitative estimate of drug-likeness (QED) is 0.235. The summed E-state index contributed by atoms with van der Waals surface area (Å²) < 4.78 is 44.7. The molecule has 1 atom stereocenters. The monoisotopic (exact) mass is 564 g/mol. The van der Waals surface area contributed by atoms with E-state index in [0.29, 0.717) is 24.8 Å². The molecule has 0 fully saturated rings. The average molecular weight is 564 g/mol. The molecule has 0 heterocycles. The smallest absolute Gasteiger partial charge is 0.215 e. The standard InChI is InChI=1S/C21H29FN4O3S.HI/c1-4-19(29-20-7-5-6-18(22)12-20)14-26-21(23-2)25-13-16-8-10-17(11-9-16)15-30(27,28)24-3;/h5-12,19,24H,4,13-15H2,1-3H3,(H2,23,25,26);1H. The highest BCUT2D eigenvalue weighted by molar-refractivity contribution is 14.0. The fourth-order valence-electron chi connectivity index (χ4n) is 2.66. The number of sulfonamides is 1. The van der Waals surface area contributed by atoms with E-state index in [1.807, 2.05) is 19.1 Å². The van der Waals surface area contributed by atoms with Gasteiger partial charge in [0.15, 0.2) is 5.96 Å². The Labute approximate surface area is 201 Å². The third-order valence-corrected chi connectivity index (χ3v) is 5.76. The van der Waals surface area contributed by atoms with Gasteiger partial charge in [0.1, 0.15) is 17.7 Å². The normalized spacial score (nSPS) is 12.6. The Morgan fingerprint density at radius 2 is 1.81 bits per heavy atom. The molecule has 0 radical (unpaired) electrons. The molecule has 172 valence electrons. The third-order valence-electron chi connectivity index (χ3n) is 4.43. The van der Waals surface area contributed by atoms with E-state index in [9.17, 15) is 12.8 Å². The molecule has 3 N–H and O–H groups in total. The van der Waals surface area contributed by atoms with Crippen LogP contribution in [0.2, 0.25) is 0 Å². The number of aliphatic imine (C=N–C) groups is 1. The summed E-state index contributed by atoms with van der Waals surface area (Å²) in [6.07, 6.45) is 0.607. The van der Waals surface area contributed by atoms with Crippen LogP contribution in [0.1, 0.15) is 24.5 Å². The maximum atomic E-state index is 13.3. The summed E-state index contributed by atoms with van der Waals surface area (Å²) >= 11 is 0. The predicted molar refractivity (Wildman–Crippen MR) is 133 cm³/mol. The van der Waals surface area contributed by atoms with E-state index < -0.39 is 10.0 Å². The zero-order valence-electron chi connectivity index (χ0n) is 17.9. The lowest BCUT2D eigenvalue weighted by atomic mass is 10.1. The fourth-order valence-corrected chi connectivity index (χ4v) is 3.44. The zero-order valence-corrected chi connectivity index (χ0v) is 21.0. The predicted octanol–water partition coefficient (Wildman–Crippen LogP) is 3.02. The van der Waals surface area contributed by atoms with E-state index in [2.05, 4.69) is 20.3 Å². The van der Waals surface area contributed by atoms with Gasteiger partial charge in [0.2, 0.25) is 10.0 Å². The van der Waals surface area contributed by atoms with Crippen LogP contribution in [-0.4, -0.2) is 41.1 Å². The number of nitrogens with one attached hydrogen (secondary N) is 3. The van der Waals surface area contributed by atoms with Gasteiger partial charge in [-0.15, -0.1) is 24.0 Å². The molecule has 0 spiro atoms. The van der Waals surface area contributed by atoms with Crippen LogP contribution in [0.4, 0.5) is 4.39 Å². The summed E-state index contributed by atoms with van der Waals surface area (Å²) in [6.45, 7) is 3.03. The molecule has 1 unspecified atom stereocenters. The summed E-state index contributed by atoms with van der Waals surface area (Å²) in [6, 6.07) is 13.4. The van der Waals surface area contributed by atoms with Crippen molar-refractivity contribution in [3.05, 3.63) is 65.5 Å². The Morgan fingerprint density at radius 1 is 1.13 bits per heavy atom. The van der Waals surface area contributed by atoms with Crippen LogP contribution < -0.4 is 20.1 Å². The first kappa shape index (κ1) is 27.1. The number of rotatable bonds is 10. The van der Waals surface area contributed by atoms with E-state index in [1.54, 1.807) is 31.3 Å². The topological polar surface area (TPSA) is 91.8 Å². The van der Waals surface area contributed by atoms with Crippen molar-refractivity contribution in [1.82, 2.24) is 15.4 Å². The van der Waals surface area contributed by atoms with Crippen LogP contribution in [0.15, 0.2) is 53.5 Å². The first-order valence-corrected chi connectivity index (χ1v) is 11.4. The van der Waals surface area contributed by atoms with Crippen molar-refractivity contribution in [3.63, 3.8) is 0 Å². The van der Waals surface area contributed by atoms with Crippen LogP contribution in [-0.2, 0) is 22.3 Å². The molecule has 0 amide bonds. The van der Waals surface area contributed by atoms with E-state index in [-0.39, 0.29) is 41.7 Å². The summed E-state index contributed by atoms with van der Waals surface area (Å²) in [5.74, 6) is 0.719. The Hall–Kier alpha value is -1.92. The first-order valence-electron chi connectivity index (χ1n) is 9.71. The highest BCUT2D eigenvalue weighted by Gasteiger charge is 2.11. The molecule has 2 aromatic rings. The zero-order chi connectivity index (χ0) is 22.0. The minimum atomic E-state index is -3.29. The van der Waals surface area contributed by atoms with E-state index in [0.717, 1.165) is 17.5 Å². The van der Waals surface area contributed by atoms with Gasteiger partial charge in [-0.25, -0.2) is 17.5 Å². The molecule has 0 aliphatic rings. The summed E-state index contributed by atoms with van der Waals surface area (Å²) in [5.41, 5.74) is 1.71. The molecular formula is C21H30FIN4O3S. The number of hydrogen-bond acceptors (Lipinski definition) is 4. The second-order valence-electron chi connectivity index (χ2n) is 6.69. The van der Waals surface area contributed by atoms with Crippen LogP contribution in [0.3, 0.4) is 0 Å². The molecule has 2 rings (SSSR count). The lowest BCUT2D eigenvalue weighted by Crippen LogP contribution is -2.42. The molecule has 2 aromatic carbocycles. The lowest BCUT2D eigenvalue weighted by Gasteiger charge is -2.20. The van der Waals surface area contributed by atoms with Crippen LogP contribution in [0.25, 0.3) is 0 Å². The average Bonchev–Trinajstić information content (AvgIpc) is 2.73. The second kappa shape index (κ2) is 13.5. The number of ether oxygens (including phenoxy) is 1. The summed E-state index contributed by atoms with van der Waals surface area (Å²) in [7, 11) is -0.208. The van der Waals surface area contributed by atoms with Crippen molar-refractivity contribution in [2.24, 2.45) is 4.99 Å². The van der Waals surface area contributed by atoms with Crippen LogP contribution >= 0.6 is 24.0 Å². The van der Waals surface area contributed by atoms with Crippen LogP contribution in [0.5, 0.6) is 5.75 Å². The highest BCUT2D eigenvalue weighted by atomic mass is 127. The van der Waals surface area contributed by atoms with Gasteiger partial charge in [-0.1, -0.05) is 37.3 Å². The molecule has 31 heavy (non-hydrogen) atoms. The van der Waals surface area contributed by atoms with Crippen molar-refractivity contribution < 1.29 is 17.5 Å². The van der Waals surface area contributed by atoms with Crippen molar-refractivity contribution in [2.75, 3.05) is 20.6 Å². The minimum Gasteiger partial charge on any atom is -0.489 e.